The maximum absolute atomic E-state index is 13.1. The van der Waals surface area contributed by atoms with Gasteiger partial charge >= 0.3 is 0 Å². The summed E-state index contributed by atoms with van der Waals surface area (Å²) < 4.78 is 13.1. The number of guanidine groups is 1. The van der Waals surface area contributed by atoms with Crippen molar-refractivity contribution in [3.63, 3.8) is 0 Å². The van der Waals surface area contributed by atoms with E-state index in [2.05, 4.69) is 38.0 Å². The third kappa shape index (κ3) is 5.62. The largest absolute Gasteiger partial charge is 0.356 e. The molecule has 4 nitrogen and oxygen atoms in total. The Kier molecular flexibility index (Phi) is 7.21. The van der Waals surface area contributed by atoms with Gasteiger partial charge in [-0.15, -0.1) is 11.3 Å². The summed E-state index contributed by atoms with van der Waals surface area (Å²) in [6.45, 7) is 1.53. The van der Waals surface area contributed by atoms with Crippen LogP contribution in [0.4, 0.5) is 4.39 Å². The quantitative estimate of drug-likeness (QED) is 0.597. The number of likely N-dealkylation sites (N-methyl/N-ethyl adjacent to an activating group) is 1. The minimum Gasteiger partial charge on any atom is -0.356 e. The Labute approximate surface area is 147 Å². The van der Waals surface area contributed by atoms with Crippen LogP contribution in [0.1, 0.15) is 16.5 Å². The molecule has 2 rings (SSSR count). The van der Waals surface area contributed by atoms with Crippen LogP contribution < -0.4 is 10.6 Å². The Bertz CT molecular complexity index is 623. The fraction of sp³-hybridized carbons (Fsp3) is 0.389. The van der Waals surface area contributed by atoms with Gasteiger partial charge in [0, 0.05) is 25.0 Å². The lowest BCUT2D eigenvalue weighted by Crippen LogP contribution is -2.42. The van der Waals surface area contributed by atoms with Crippen molar-refractivity contribution in [2.45, 2.75) is 12.5 Å². The van der Waals surface area contributed by atoms with Crippen LogP contribution in [0, 0.1) is 5.82 Å². The predicted octanol–water partition coefficient (Wildman–Crippen LogP) is 2.90. The molecule has 0 aliphatic rings. The maximum atomic E-state index is 13.1. The molecule has 130 valence electrons. The van der Waals surface area contributed by atoms with E-state index in [1.54, 1.807) is 18.4 Å². The Hall–Kier alpha value is -1.92. The summed E-state index contributed by atoms with van der Waals surface area (Å²) >= 11 is 1.77. The van der Waals surface area contributed by atoms with Crippen molar-refractivity contribution in [2.75, 3.05) is 34.2 Å². The number of nitrogens with zero attached hydrogens (tertiary/aromatic N) is 2. The predicted molar refractivity (Wildman–Crippen MR) is 100 cm³/mol. The zero-order chi connectivity index (χ0) is 17.4. The molecule has 0 radical (unpaired) electrons. The Morgan fingerprint density at radius 1 is 1.21 bits per heavy atom. The first-order chi connectivity index (χ1) is 11.6. The number of hydrogen-bond donors (Lipinski definition) is 2. The minimum absolute atomic E-state index is 0.140. The smallest absolute Gasteiger partial charge is 0.191 e. The van der Waals surface area contributed by atoms with Gasteiger partial charge in [0.2, 0.25) is 0 Å². The summed E-state index contributed by atoms with van der Waals surface area (Å²) in [7, 11) is 5.80. The minimum atomic E-state index is -0.213. The third-order valence-electron chi connectivity index (χ3n) is 3.81. The molecule has 1 heterocycles. The average Bonchev–Trinajstić information content (AvgIpc) is 3.08. The highest BCUT2D eigenvalue weighted by Crippen LogP contribution is 2.17. The van der Waals surface area contributed by atoms with Gasteiger partial charge in [-0.05, 0) is 49.7 Å². The van der Waals surface area contributed by atoms with Gasteiger partial charge in [0.15, 0.2) is 5.96 Å². The highest BCUT2D eigenvalue weighted by Gasteiger charge is 2.14. The molecule has 1 aromatic heterocycles. The summed E-state index contributed by atoms with van der Waals surface area (Å²) in [6.07, 6.45) is 0.980. The lowest BCUT2D eigenvalue weighted by molar-refractivity contribution is 0.298. The zero-order valence-corrected chi connectivity index (χ0v) is 15.2. The van der Waals surface area contributed by atoms with Gasteiger partial charge in [0.1, 0.15) is 5.82 Å². The molecule has 2 aromatic rings. The molecule has 0 aliphatic heterocycles. The average molecular weight is 348 g/mol. The maximum Gasteiger partial charge on any atom is 0.191 e. The Balaban J connectivity index is 1.86. The summed E-state index contributed by atoms with van der Waals surface area (Å²) in [6, 6.07) is 11.0. The molecule has 6 heteroatoms. The number of rotatable bonds is 7. The normalized spacial score (nSPS) is 13.1. The van der Waals surface area contributed by atoms with Crippen molar-refractivity contribution < 1.29 is 4.39 Å². The standard InChI is InChI=1S/C18H25FN4S/c1-20-18(21-11-10-16-5-4-12-24-16)22-13-17(23(2)3)14-6-8-15(19)9-7-14/h4-9,12,17H,10-11,13H2,1-3H3,(H2,20,21,22). The number of benzene rings is 1. The van der Waals surface area contributed by atoms with Crippen LogP contribution in [-0.4, -0.2) is 45.1 Å². The van der Waals surface area contributed by atoms with Crippen molar-refractivity contribution in [1.82, 2.24) is 15.5 Å². The number of hydrogen-bond acceptors (Lipinski definition) is 3. The number of thiophene rings is 1. The van der Waals surface area contributed by atoms with Crippen molar-refractivity contribution in [2.24, 2.45) is 4.99 Å². The van der Waals surface area contributed by atoms with Gasteiger partial charge in [-0.25, -0.2) is 4.39 Å². The zero-order valence-electron chi connectivity index (χ0n) is 14.4. The van der Waals surface area contributed by atoms with E-state index in [1.807, 2.05) is 26.2 Å². The molecule has 1 aromatic carbocycles. The second-order valence-corrected chi connectivity index (χ2v) is 6.77. The van der Waals surface area contributed by atoms with Crippen molar-refractivity contribution in [3.8, 4) is 0 Å². The molecule has 24 heavy (non-hydrogen) atoms. The lowest BCUT2D eigenvalue weighted by Gasteiger charge is -2.26. The molecule has 1 unspecified atom stereocenters. The van der Waals surface area contributed by atoms with Gasteiger partial charge in [0.05, 0.1) is 6.04 Å². The van der Waals surface area contributed by atoms with E-state index in [1.165, 1.54) is 17.0 Å². The van der Waals surface area contributed by atoms with E-state index in [9.17, 15) is 4.39 Å². The summed E-state index contributed by atoms with van der Waals surface area (Å²) in [5.74, 6) is 0.566. The van der Waals surface area contributed by atoms with E-state index in [0.29, 0.717) is 6.54 Å². The first-order valence-electron chi connectivity index (χ1n) is 7.99. The first-order valence-corrected chi connectivity index (χ1v) is 8.87. The molecule has 0 bridgehead atoms. The monoisotopic (exact) mass is 348 g/mol. The fourth-order valence-corrected chi connectivity index (χ4v) is 3.17. The van der Waals surface area contributed by atoms with Crippen molar-refractivity contribution >= 4 is 17.3 Å². The molecule has 2 N–H and O–H groups in total. The van der Waals surface area contributed by atoms with Gasteiger partial charge in [0.25, 0.3) is 0 Å². The van der Waals surface area contributed by atoms with E-state index < -0.39 is 0 Å². The molecule has 1 atom stereocenters. The van der Waals surface area contributed by atoms with Crippen molar-refractivity contribution in [1.29, 1.82) is 0 Å². The molecule has 0 spiro atoms. The van der Waals surface area contributed by atoms with Crippen molar-refractivity contribution in [3.05, 3.63) is 58.0 Å². The molecule has 0 saturated carbocycles. The number of nitrogens with one attached hydrogen (secondary N) is 2. The molecule has 0 amide bonds. The van der Waals surface area contributed by atoms with Crippen LogP contribution in [-0.2, 0) is 6.42 Å². The van der Waals surface area contributed by atoms with Crippen LogP contribution in [0.2, 0.25) is 0 Å². The summed E-state index contributed by atoms with van der Waals surface area (Å²) in [4.78, 5) is 7.73. The summed E-state index contributed by atoms with van der Waals surface area (Å²) in [5.41, 5.74) is 1.07. The molecule has 0 aliphatic carbocycles. The molecular formula is C18H25FN4S. The van der Waals surface area contributed by atoms with E-state index in [-0.39, 0.29) is 11.9 Å². The fourth-order valence-electron chi connectivity index (χ4n) is 2.46. The van der Waals surface area contributed by atoms with Gasteiger partial charge in [-0.2, -0.15) is 0 Å². The Morgan fingerprint density at radius 3 is 2.54 bits per heavy atom. The topological polar surface area (TPSA) is 39.7 Å². The van der Waals surface area contributed by atoms with Crippen LogP contribution >= 0.6 is 11.3 Å². The Morgan fingerprint density at radius 2 is 1.96 bits per heavy atom. The van der Waals surface area contributed by atoms with Crippen LogP contribution in [0.25, 0.3) is 0 Å². The third-order valence-corrected chi connectivity index (χ3v) is 4.74. The molecule has 0 fully saturated rings. The number of aliphatic imine (C=N–C) groups is 1. The second-order valence-electron chi connectivity index (χ2n) is 5.74. The molecular weight excluding hydrogens is 323 g/mol. The SMILES string of the molecule is CN=C(NCCc1cccs1)NCC(c1ccc(F)cc1)N(C)C. The highest BCUT2D eigenvalue weighted by atomic mass is 32.1. The van der Waals surface area contributed by atoms with Crippen LogP contribution in [0.3, 0.4) is 0 Å². The highest BCUT2D eigenvalue weighted by molar-refractivity contribution is 7.09. The van der Waals surface area contributed by atoms with Gasteiger partial charge in [-0.1, -0.05) is 18.2 Å². The van der Waals surface area contributed by atoms with E-state index >= 15 is 0 Å². The van der Waals surface area contributed by atoms with E-state index in [0.717, 1.165) is 24.5 Å². The molecule has 0 saturated heterocycles. The van der Waals surface area contributed by atoms with E-state index in [4.69, 9.17) is 0 Å². The first kappa shape index (κ1) is 18.4. The van der Waals surface area contributed by atoms with Gasteiger partial charge < -0.3 is 15.5 Å². The second kappa shape index (κ2) is 9.39. The van der Waals surface area contributed by atoms with Gasteiger partial charge in [-0.3, -0.25) is 4.99 Å². The lowest BCUT2D eigenvalue weighted by atomic mass is 10.1. The van der Waals surface area contributed by atoms with Crippen LogP contribution in [0.5, 0.6) is 0 Å². The summed E-state index contributed by atoms with van der Waals surface area (Å²) in [5, 5.41) is 8.77. The number of halogens is 1. The van der Waals surface area contributed by atoms with Crippen LogP contribution in [0.15, 0.2) is 46.8 Å².